The lowest BCUT2D eigenvalue weighted by Gasteiger charge is -2.34. The molecule has 1 unspecified atom stereocenters. The molecular formula is C10H12F3NO3. The van der Waals surface area contributed by atoms with Crippen LogP contribution in [-0.4, -0.2) is 40.1 Å². The number of halogens is 3. The molecule has 0 aromatic carbocycles. The average Bonchev–Trinajstić information content (AvgIpc) is 2.17. The monoisotopic (exact) mass is 251 g/mol. The van der Waals surface area contributed by atoms with Gasteiger partial charge in [-0.15, -0.1) is 0 Å². The first-order valence-electron chi connectivity index (χ1n) is 4.88. The molecule has 1 N–H and O–H groups in total. The summed E-state index contributed by atoms with van der Waals surface area (Å²) in [6.07, 6.45) is -4.84. The highest BCUT2D eigenvalue weighted by Gasteiger charge is 2.52. The van der Waals surface area contributed by atoms with E-state index < -0.39 is 30.1 Å². The van der Waals surface area contributed by atoms with E-state index in [1.54, 1.807) is 0 Å². The van der Waals surface area contributed by atoms with Crippen LogP contribution >= 0.6 is 0 Å². The Kier molecular flexibility index (Phi) is 3.33. The quantitative estimate of drug-likeness (QED) is 0.588. The van der Waals surface area contributed by atoms with Gasteiger partial charge in [-0.3, -0.25) is 14.5 Å². The molecule has 0 aromatic heterocycles. The Morgan fingerprint density at radius 2 is 1.88 bits per heavy atom. The lowest BCUT2D eigenvalue weighted by atomic mass is 10.0. The van der Waals surface area contributed by atoms with Gasteiger partial charge in [0.25, 0.3) is 5.91 Å². The molecule has 0 bridgehead atoms. The fourth-order valence-corrected chi connectivity index (χ4v) is 1.36. The molecule has 1 saturated heterocycles. The van der Waals surface area contributed by atoms with Crippen molar-refractivity contribution >= 4 is 11.8 Å². The zero-order valence-electron chi connectivity index (χ0n) is 9.17. The number of nitrogens with zero attached hydrogens (tertiary/aromatic N) is 1. The van der Waals surface area contributed by atoms with Crippen LogP contribution in [0.25, 0.3) is 0 Å². The van der Waals surface area contributed by atoms with Crippen LogP contribution in [0.3, 0.4) is 0 Å². The number of imide groups is 1. The smallest absolute Gasteiger partial charge is 0.379 e. The second kappa shape index (κ2) is 4.14. The number of alkyl halides is 3. The van der Waals surface area contributed by atoms with Crippen LogP contribution < -0.4 is 0 Å². The second-order valence-electron chi connectivity index (χ2n) is 4.16. The van der Waals surface area contributed by atoms with E-state index in [1.165, 1.54) is 0 Å². The van der Waals surface area contributed by atoms with E-state index in [0.717, 1.165) is 0 Å². The van der Waals surface area contributed by atoms with E-state index >= 15 is 0 Å². The first kappa shape index (κ1) is 13.7. The van der Waals surface area contributed by atoms with Crippen molar-refractivity contribution in [2.45, 2.75) is 31.5 Å². The maximum Gasteiger partial charge on any atom is 0.418 e. The normalized spacial score (nSPS) is 21.7. The number of hydrogen-bond donors (Lipinski definition) is 1. The van der Waals surface area contributed by atoms with Crippen molar-refractivity contribution in [1.82, 2.24) is 4.90 Å². The van der Waals surface area contributed by atoms with Gasteiger partial charge in [0.1, 0.15) is 0 Å². The summed E-state index contributed by atoms with van der Waals surface area (Å²) in [4.78, 5) is 23.2. The minimum Gasteiger partial charge on any atom is -0.379 e. The molecule has 1 aliphatic rings. The molecule has 1 aliphatic heterocycles. The van der Waals surface area contributed by atoms with Gasteiger partial charge in [0.15, 0.2) is 5.60 Å². The number of aliphatic hydroxyl groups is 1. The van der Waals surface area contributed by atoms with E-state index in [4.69, 9.17) is 0 Å². The van der Waals surface area contributed by atoms with Crippen molar-refractivity contribution in [3.8, 4) is 0 Å². The van der Waals surface area contributed by atoms with Gasteiger partial charge in [-0.05, 0) is 13.3 Å². The predicted octanol–water partition coefficient (Wildman–Crippen LogP) is 1.00. The fourth-order valence-electron chi connectivity index (χ4n) is 1.36. The number of hydrogen-bond acceptors (Lipinski definition) is 3. The molecule has 0 aromatic rings. The molecule has 1 fully saturated rings. The van der Waals surface area contributed by atoms with Crippen LogP contribution in [0.15, 0.2) is 12.2 Å². The lowest BCUT2D eigenvalue weighted by molar-refractivity contribution is -0.256. The molecule has 2 amide bonds. The van der Waals surface area contributed by atoms with Crippen molar-refractivity contribution in [1.29, 1.82) is 0 Å². The van der Waals surface area contributed by atoms with Gasteiger partial charge in [0, 0.05) is 12.0 Å². The molecule has 96 valence electrons. The zero-order valence-corrected chi connectivity index (χ0v) is 9.17. The third-order valence-corrected chi connectivity index (χ3v) is 2.57. The first-order chi connectivity index (χ1) is 7.56. The second-order valence-corrected chi connectivity index (χ2v) is 4.16. The molecule has 0 saturated carbocycles. The van der Waals surface area contributed by atoms with Crippen LogP contribution in [0.2, 0.25) is 0 Å². The van der Waals surface area contributed by atoms with Crippen molar-refractivity contribution in [3.63, 3.8) is 0 Å². The maximum absolute atomic E-state index is 12.4. The highest BCUT2D eigenvalue weighted by molar-refractivity contribution is 6.06. The van der Waals surface area contributed by atoms with Crippen molar-refractivity contribution in [3.05, 3.63) is 12.2 Å². The molecule has 7 heteroatoms. The summed E-state index contributed by atoms with van der Waals surface area (Å²) in [5.74, 6) is -1.59. The largest absolute Gasteiger partial charge is 0.418 e. The summed E-state index contributed by atoms with van der Waals surface area (Å²) in [7, 11) is 0. The number of piperidine rings is 1. The molecule has 1 atom stereocenters. The van der Waals surface area contributed by atoms with Crippen LogP contribution in [0.1, 0.15) is 19.8 Å². The Hall–Kier alpha value is -1.37. The van der Waals surface area contributed by atoms with Gasteiger partial charge >= 0.3 is 6.18 Å². The van der Waals surface area contributed by atoms with Gasteiger partial charge in [-0.2, -0.15) is 13.2 Å². The molecule has 0 radical (unpaired) electrons. The number of β-amino-alcohol motifs (C(OH)–C–C–N with tert-alkyl or cyclic N) is 1. The predicted molar refractivity (Wildman–Crippen MR) is 51.8 cm³/mol. The first-order valence-corrected chi connectivity index (χ1v) is 4.88. The van der Waals surface area contributed by atoms with Gasteiger partial charge in [-0.1, -0.05) is 6.58 Å². The standard InChI is InChI=1S/C10H12F3NO3/c1-6-3-4-7(15)14(8(6)16)5-9(2,17)10(11,12)13/h17H,1,3-5H2,2H3. The summed E-state index contributed by atoms with van der Waals surface area (Å²) in [5, 5.41) is 9.22. The minimum absolute atomic E-state index is 0.0709. The Labute approximate surface area is 95.7 Å². The number of carbonyl (C=O) groups excluding carboxylic acids is 2. The summed E-state index contributed by atoms with van der Waals surface area (Å²) in [6.45, 7) is 2.78. The van der Waals surface area contributed by atoms with E-state index in [2.05, 4.69) is 6.58 Å². The summed E-state index contributed by atoms with van der Waals surface area (Å²) >= 11 is 0. The maximum atomic E-state index is 12.4. The van der Waals surface area contributed by atoms with Gasteiger partial charge in [0.2, 0.25) is 5.91 Å². The van der Waals surface area contributed by atoms with E-state index in [0.29, 0.717) is 11.8 Å². The van der Waals surface area contributed by atoms with Gasteiger partial charge < -0.3 is 5.11 Å². The zero-order chi connectivity index (χ0) is 13.4. The Morgan fingerprint density at radius 3 is 2.35 bits per heavy atom. The van der Waals surface area contributed by atoms with Crippen LogP contribution in [-0.2, 0) is 9.59 Å². The molecule has 0 aliphatic carbocycles. The van der Waals surface area contributed by atoms with Gasteiger partial charge in [-0.25, -0.2) is 0 Å². The van der Waals surface area contributed by atoms with Crippen molar-refractivity contribution in [2.24, 2.45) is 0 Å². The number of carbonyl (C=O) groups is 2. The van der Waals surface area contributed by atoms with Crippen LogP contribution in [0.4, 0.5) is 13.2 Å². The van der Waals surface area contributed by atoms with Gasteiger partial charge in [0.05, 0.1) is 6.54 Å². The topological polar surface area (TPSA) is 57.6 Å². The highest BCUT2D eigenvalue weighted by atomic mass is 19.4. The molecule has 1 heterocycles. The average molecular weight is 251 g/mol. The number of likely N-dealkylation sites (tertiary alicyclic amines) is 1. The van der Waals surface area contributed by atoms with E-state index in [1.807, 2.05) is 0 Å². The molecule has 0 spiro atoms. The third-order valence-electron chi connectivity index (χ3n) is 2.57. The van der Waals surface area contributed by atoms with E-state index in [9.17, 15) is 27.9 Å². The van der Waals surface area contributed by atoms with Crippen molar-refractivity contribution in [2.75, 3.05) is 6.54 Å². The molecule has 17 heavy (non-hydrogen) atoms. The SMILES string of the molecule is C=C1CCC(=O)N(CC(C)(O)C(F)(F)F)C1=O. The van der Waals surface area contributed by atoms with Crippen LogP contribution in [0, 0.1) is 0 Å². The highest BCUT2D eigenvalue weighted by Crippen LogP contribution is 2.32. The van der Waals surface area contributed by atoms with Crippen molar-refractivity contribution < 1.29 is 27.9 Å². The Balaban J connectivity index is 2.90. The fraction of sp³-hybridized carbons (Fsp3) is 0.600. The lowest BCUT2D eigenvalue weighted by Crippen LogP contribution is -2.55. The van der Waals surface area contributed by atoms with Crippen LogP contribution in [0.5, 0.6) is 0 Å². The molecule has 1 rings (SSSR count). The Bertz CT molecular complexity index is 373. The number of amides is 2. The third kappa shape index (κ3) is 2.66. The number of rotatable bonds is 2. The summed E-state index contributed by atoms with van der Waals surface area (Å²) < 4.78 is 37.3. The molecule has 4 nitrogen and oxygen atoms in total. The Morgan fingerprint density at radius 1 is 1.35 bits per heavy atom. The van der Waals surface area contributed by atoms with E-state index in [-0.39, 0.29) is 18.4 Å². The minimum atomic E-state index is -4.91. The summed E-state index contributed by atoms with van der Waals surface area (Å²) in [5.41, 5.74) is -3.04. The summed E-state index contributed by atoms with van der Waals surface area (Å²) in [6, 6.07) is 0. The molecular weight excluding hydrogens is 239 g/mol.